The molecule has 1 rings (SSSR count). The first kappa shape index (κ1) is 7.98. The summed E-state index contributed by atoms with van der Waals surface area (Å²) >= 11 is 0. The highest BCUT2D eigenvalue weighted by Gasteiger charge is 2.19. The van der Waals surface area contributed by atoms with Crippen molar-refractivity contribution in [2.75, 3.05) is 13.2 Å². The van der Waals surface area contributed by atoms with Gasteiger partial charge >= 0.3 is 0 Å². The van der Waals surface area contributed by atoms with Crippen LogP contribution in [0.2, 0.25) is 0 Å². The Balaban J connectivity index is 2.24. The largest absolute Gasteiger partial charge is 0.395 e. The molecule has 1 saturated heterocycles. The zero-order valence-corrected chi connectivity index (χ0v) is 6.12. The lowest BCUT2D eigenvalue weighted by Gasteiger charge is -2.26. The van der Waals surface area contributed by atoms with E-state index in [2.05, 4.69) is 0 Å². The van der Waals surface area contributed by atoms with Crippen molar-refractivity contribution >= 4 is 0 Å². The van der Waals surface area contributed by atoms with Gasteiger partial charge in [0.2, 0.25) is 0 Å². The van der Waals surface area contributed by atoms with Crippen molar-refractivity contribution in [3.8, 4) is 0 Å². The summed E-state index contributed by atoms with van der Waals surface area (Å²) in [6.07, 6.45) is 3.41. The third-order valence-electron chi connectivity index (χ3n) is 1.90. The summed E-state index contributed by atoms with van der Waals surface area (Å²) in [5, 5.41) is 8.68. The first-order valence-corrected chi connectivity index (χ1v) is 3.82. The Hall–Kier alpha value is -0.120. The van der Waals surface area contributed by atoms with Crippen molar-refractivity contribution < 1.29 is 9.84 Å². The fourth-order valence-electron chi connectivity index (χ4n) is 1.22. The summed E-state index contributed by atoms with van der Waals surface area (Å²) in [6.45, 7) is 0.836. The van der Waals surface area contributed by atoms with Crippen LogP contribution < -0.4 is 5.73 Å². The number of ether oxygens (including phenoxy) is 1. The summed E-state index contributed by atoms with van der Waals surface area (Å²) in [5.41, 5.74) is 5.57. The Labute approximate surface area is 61.2 Å². The van der Waals surface area contributed by atoms with Crippen LogP contribution in [-0.4, -0.2) is 30.5 Å². The number of aliphatic hydroxyl groups is 1. The topological polar surface area (TPSA) is 55.5 Å². The fraction of sp³-hybridized carbons (Fsp3) is 1.00. The monoisotopic (exact) mass is 145 g/mol. The molecule has 0 saturated carbocycles. The molecule has 0 radical (unpaired) electrons. The van der Waals surface area contributed by atoms with E-state index in [1.807, 2.05) is 0 Å². The third-order valence-corrected chi connectivity index (χ3v) is 1.90. The predicted molar refractivity (Wildman–Crippen MR) is 38.7 cm³/mol. The second-order valence-corrected chi connectivity index (χ2v) is 2.75. The molecule has 0 aromatic heterocycles. The molecule has 0 aromatic carbocycles. The Morgan fingerprint density at radius 2 is 2.40 bits per heavy atom. The predicted octanol–water partition coefficient (Wildman–Crippen LogP) is -0.125. The molecule has 3 N–H and O–H groups in total. The summed E-state index contributed by atoms with van der Waals surface area (Å²) < 4.78 is 5.35. The molecule has 1 heterocycles. The molecule has 0 spiro atoms. The van der Waals surface area contributed by atoms with Crippen molar-refractivity contribution in [2.24, 2.45) is 5.73 Å². The number of nitrogens with two attached hydrogens (primary N) is 1. The standard InChI is InChI=1S/C7H15NO2/c8-6(5-9)7-3-1-2-4-10-7/h6-7,9H,1-5,8H2/t6-,7?/m0/s1. The Morgan fingerprint density at radius 3 is 2.90 bits per heavy atom. The summed E-state index contributed by atoms with van der Waals surface area (Å²) in [5.74, 6) is 0. The molecular weight excluding hydrogens is 130 g/mol. The lowest BCUT2D eigenvalue weighted by molar-refractivity contribution is -0.0104. The van der Waals surface area contributed by atoms with Gasteiger partial charge in [0.1, 0.15) is 0 Å². The smallest absolute Gasteiger partial charge is 0.0748 e. The maximum Gasteiger partial charge on any atom is 0.0748 e. The molecule has 3 heteroatoms. The summed E-state index contributed by atoms with van der Waals surface area (Å²) in [7, 11) is 0. The molecule has 10 heavy (non-hydrogen) atoms. The molecule has 0 amide bonds. The van der Waals surface area contributed by atoms with Crippen LogP contribution in [0.15, 0.2) is 0 Å². The van der Waals surface area contributed by atoms with Crippen LogP contribution in [0.4, 0.5) is 0 Å². The minimum absolute atomic E-state index is 0.0324. The first-order chi connectivity index (χ1) is 4.84. The number of hydrogen-bond acceptors (Lipinski definition) is 3. The van der Waals surface area contributed by atoms with Crippen molar-refractivity contribution in [1.29, 1.82) is 0 Å². The normalized spacial score (nSPS) is 30.0. The van der Waals surface area contributed by atoms with Gasteiger partial charge in [0.05, 0.1) is 18.8 Å². The van der Waals surface area contributed by atoms with Crippen molar-refractivity contribution in [2.45, 2.75) is 31.4 Å². The molecule has 3 nitrogen and oxygen atoms in total. The van der Waals surface area contributed by atoms with E-state index in [0.29, 0.717) is 0 Å². The molecule has 0 aromatic rings. The molecule has 0 bridgehead atoms. The van der Waals surface area contributed by atoms with Crippen LogP contribution in [0.5, 0.6) is 0 Å². The van der Waals surface area contributed by atoms with Crippen molar-refractivity contribution in [3.05, 3.63) is 0 Å². The van der Waals surface area contributed by atoms with Gasteiger partial charge in [0.15, 0.2) is 0 Å². The molecule has 1 aliphatic heterocycles. The van der Waals surface area contributed by atoms with E-state index >= 15 is 0 Å². The van der Waals surface area contributed by atoms with E-state index < -0.39 is 0 Å². The SMILES string of the molecule is N[C@@H](CO)C1CCCCO1. The van der Waals surface area contributed by atoms with Gasteiger partial charge in [-0.1, -0.05) is 0 Å². The Bertz CT molecular complexity index is 91.6. The number of rotatable bonds is 2. The molecular formula is C7H15NO2. The zero-order valence-electron chi connectivity index (χ0n) is 6.12. The second-order valence-electron chi connectivity index (χ2n) is 2.75. The maximum absolute atomic E-state index is 8.68. The zero-order chi connectivity index (χ0) is 7.40. The van der Waals surface area contributed by atoms with E-state index in [1.54, 1.807) is 0 Å². The van der Waals surface area contributed by atoms with Gasteiger partial charge in [-0.2, -0.15) is 0 Å². The van der Waals surface area contributed by atoms with Gasteiger partial charge in [-0.05, 0) is 19.3 Å². The van der Waals surface area contributed by atoms with Crippen LogP contribution >= 0.6 is 0 Å². The molecule has 0 aliphatic carbocycles. The van der Waals surface area contributed by atoms with Crippen LogP contribution in [-0.2, 0) is 4.74 Å². The number of hydrogen-bond donors (Lipinski definition) is 2. The van der Waals surface area contributed by atoms with E-state index in [4.69, 9.17) is 15.6 Å². The van der Waals surface area contributed by atoms with Gasteiger partial charge in [0.25, 0.3) is 0 Å². The van der Waals surface area contributed by atoms with Gasteiger partial charge in [-0.3, -0.25) is 0 Å². The lowest BCUT2D eigenvalue weighted by Crippen LogP contribution is -2.41. The highest BCUT2D eigenvalue weighted by molar-refractivity contribution is 4.74. The van der Waals surface area contributed by atoms with Gasteiger partial charge < -0.3 is 15.6 Å². The molecule has 60 valence electrons. The minimum atomic E-state index is -0.180. The van der Waals surface area contributed by atoms with E-state index in [0.717, 1.165) is 19.4 Å². The molecule has 1 aliphatic rings. The summed E-state index contributed by atoms with van der Waals surface area (Å²) in [4.78, 5) is 0. The van der Waals surface area contributed by atoms with E-state index in [1.165, 1.54) is 6.42 Å². The highest BCUT2D eigenvalue weighted by atomic mass is 16.5. The molecule has 1 unspecified atom stereocenters. The maximum atomic E-state index is 8.68. The Morgan fingerprint density at radius 1 is 1.60 bits per heavy atom. The first-order valence-electron chi connectivity index (χ1n) is 3.82. The minimum Gasteiger partial charge on any atom is -0.395 e. The second kappa shape index (κ2) is 3.91. The average Bonchev–Trinajstić information content (AvgIpc) is 2.05. The summed E-state index contributed by atoms with van der Waals surface area (Å²) in [6, 6.07) is -0.180. The molecule has 1 fully saturated rings. The quantitative estimate of drug-likeness (QED) is 0.569. The highest BCUT2D eigenvalue weighted by Crippen LogP contribution is 2.14. The van der Waals surface area contributed by atoms with Gasteiger partial charge in [0, 0.05) is 6.61 Å². The van der Waals surface area contributed by atoms with E-state index in [-0.39, 0.29) is 18.8 Å². The fourth-order valence-corrected chi connectivity index (χ4v) is 1.22. The van der Waals surface area contributed by atoms with Crippen LogP contribution in [0, 0.1) is 0 Å². The van der Waals surface area contributed by atoms with Crippen LogP contribution in [0.1, 0.15) is 19.3 Å². The van der Waals surface area contributed by atoms with Crippen LogP contribution in [0.3, 0.4) is 0 Å². The molecule has 2 atom stereocenters. The lowest BCUT2D eigenvalue weighted by atomic mass is 10.0. The van der Waals surface area contributed by atoms with Gasteiger partial charge in [-0.25, -0.2) is 0 Å². The van der Waals surface area contributed by atoms with Crippen LogP contribution in [0.25, 0.3) is 0 Å². The Kier molecular flexibility index (Phi) is 3.12. The van der Waals surface area contributed by atoms with Crippen molar-refractivity contribution in [3.63, 3.8) is 0 Å². The van der Waals surface area contributed by atoms with E-state index in [9.17, 15) is 0 Å². The van der Waals surface area contributed by atoms with Gasteiger partial charge in [-0.15, -0.1) is 0 Å². The third kappa shape index (κ3) is 1.94. The average molecular weight is 145 g/mol. The number of aliphatic hydroxyl groups excluding tert-OH is 1. The van der Waals surface area contributed by atoms with Crippen molar-refractivity contribution in [1.82, 2.24) is 0 Å².